The van der Waals surface area contributed by atoms with E-state index in [1.54, 1.807) is 7.05 Å². The fourth-order valence-corrected chi connectivity index (χ4v) is 1.51. The highest BCUT2D eigenvalue weighted by atomic mass is 16.5. The van der Waals surface area contributed by atoms with Crippen LogP contribution < -0.4 is 10.6 Å². The predicted molar refractivity (Wildman–Crippen MR) is 72.3 cm³/mol. The molecule has 0 aliphatic heterocycles. The minimum atomic E-state index is -0.0592. The Morgan fingerprint density at radius 3 is 2.72 bits per heavy atom. The van der Waals surface area contributed by atoms with Crippen molar-refractivity contribution in [2.24, 2.45) is 0 Å². The summed E-state index contributed by atoms with van der Waals surface area (Å²) in [6, 6.07) is 7.57. The second-order valence-electron chi connectivity index (χ2n) is 3.84. The molecule has 4 heteroatoms. The van der Waals surface area contributed by atoms with Gasteiger partial charge < -0.3 is 15.4 Å². The average Bonchev–Trinajstić information content (AvgIpc) is 2.42. The lowest BCUT2D eigenvalue weighted by Gasteiger charge is -2.06. The summed E-state index contributed by atoms with van der Waals surface area (Å²) in [5.74, 6) is -0.0592. The fourth-order valence-electron chi connectivity index (χ4n) is 1.51. The number of rotatable bonds is 8. The molecule has 1 aromatic rings. The molecule has 2 N–H and O–H groups in total. The fraction of sp³-hybridized carbons (Fsp3) is 0.357. The molecule has 0 saturated heterocycles. The third kappa shape index (κ3) is 5.01. The number of carbonyl (C=O) groups is 1. The van der Waals surface area contributed by atoms with Crippen molar-refractivity contribution in [3.63, 3.8) is 0 Å². The molecule has 0 aliphatic rings. The zero-order chi connectivity index (χ0) is 13.2. The third-order valence-corrected chi connectivity index (χ3v) is 2.51. The molecule has 0 radical (unpaired) electrons. The first-order valence-electron chi connectivity index (χ1n) is 6.02. The van der Waals surface area contributed by atoms with Crippen LogP contribution in [0.3, 0.4) is 0 Å². The summed E-state index contributed by atoms with van der Waals surface area (Å²) in [7, 11) is 1.63. The quantitative estimate of drug-likeness (QED) is 0.543. The second kappa shape index (κ2) is 8.31. The molecular weight excluding hydrogens is 228 g/mol. The molecule has 1 rings (SSSR count). The van der Waals surface area contributed by atoms with E-state index in [0.717, 1.165) is 25.1 Å². The predicted octanol–water partition coefficient (Wildman–Crippen LogP) is 1.69. The Morgan fingerprint density at radius 1 is 1.39 bits per heavy atom. The highest BCUT2D eigenvalue weighted by Gasteiger charge is 2.01. The Balaban J connectivity index is 2.26. The Morgan fingerprint density at radius 2 is 2.11 bits per heavy atom. The van der Waals surface area contributed by atoms with Gasteiger partial charge in [-0.2, -0.15) is 0 Å². The molecule has 0 unspecified atom stereocenters. The maximum Gasteiger partial charge on any atom is 0.251 e. The first-order chi connectivity index (χ1) is 8.77. The Labute approximate surface area is 108 Å². The second-order valence-corrected chi connectivity index (χ2v) is 3.84. The first-order valence-corrected chi connectivity index (χ1v) is 6.02. The van der Waals surface area contributed by atoms with Gasteiger partial charge in [-0.3, -0.25) is 4.79 Å². The van der Waals surface area contributed by atoms with Crippen LogP contribution in [0.25, 0.3) is 0 Å². The minimum absolute atomic E-state index is 0.0592. The van der Waals surface area contributed by atoms with E-state index in [2.05, 4.69) is 17.2 Å². The van der Waals surface area contributed by atoms with Crippen molar-refractivity contribution < 1.29 is 9.53 Å². The number of hydrogen-bond acceptors (Lipinski definition) is 3. The Hall–Kier alpha value is -1.81. The molecule has 0 heterocycles. The number of amides is 1. The third-order valence-electron chi connectivity index (χ3n) is 2.51. The average molecular weight is 248 g/mol. The van der Waals surface area contributed by atoms with Crippen LogP contribution in [0.4, 0.5) is 0 Å². The van der Waals surface area contributed by atoms with Gasteiger partial charge in [0.05, 0.1) is 12.9 Å². The minimum Gasteiger partial charge on any atom is -0.502 e. The summed E-state index contributed by atoms with van der Waals surface area (Å²) in [4.78, 5) is 11.3. The monoisotopic (exact) mass is 248 g/mol. The van der Waals surface area contributed by atoms with E-state index in [1.807, 2.05) is 24.3 Å². The van der Waals surface area contributed by atoms with Crippen LogP contribution in [0.2, 0.25) is 0 Å². The molecule has 0 aliphatic carbocycles. The molecule has 0 saturated carbocycles. The maximum atomic E-state index is 11.3. The molecule has 0 fully saturated rings. The molecule has 0 atom stereocenters. The summed E-state index contributed by atoms with van der Waals surface area (Å²) in [5, 5.41) is 5.90. The van der Waals surface area contributed by atoms with Crippen LogP contribution in [0.15, 0.2) is 37.1 Å². The van der Waals surface area contributed by atoms with E-state index in [0.29, 0.717) is 12.2 Å². The van der Waals surface area contributed by atoms with Crippen molar-refractivity contribution >= 4 is 5.91 Å². The zero-order valence-corrected chi connectivity index (χ0v) is 10.7. The van der Waals surface area contributed by atoms with Crippen LogP contribution >= 0.6 is 0 Å². The van der Waals surface area contributed by atoms with Crippen LogP contribution in [-0.4, -0.2) is 26.1 Å². The summed E-state index contributed by atoms with van der Waals surface area (Å²) in [5.41, 5.74) is 1.84. The molecule has 1 aromatic carbocycles. The lowest BCUT2D eigenvalue weighted by atomic mass is 10.1. The smallest absolute Gasteiger partial charge is 0.251 e. The summed E-state index contributed by atoms with van der Waals surface area (Å²) < 4.78 is 5.02. The normalized spacial score (nSPS) is 9.83. The van der Waals surface area contributed by atoms with Gasteiger partial charge in [-0.25, -0.2) is 0 Å². The number of benzene rings is 1. The van der Waals surface area contributed by atoms with Gasteiger partial charge in [0, 0.05) is 19.2 Å². The van der Waals surface area contributed by atoms with Gasteiger partial charge in [-0.05, 0) is 30.7 Å². The largest absolute Gasteiger partial charge is 0.502 e. The standard InChI is InChI=1S/C14H20N2O2/c1-3-18-10-4-9-16-11-12-5-7-13(8-6-12)14(17)15-2/h3,5-8,16H,1,4,9-11H2,2H3,(H,15,17). The lowest BCUT2D eigenvalue weighted by molar-refractivity contribution is 0.0963. The van der Waals surface area contributed by atoms with Gasteiger partial charge in [-0.1, -0.05) is 18.7 Å². The van der Waals surface area contributed by atoms with Crippen molar-refractivity contribution in [2.45, 2.75) is 13.0 Å². The summed E-state index contributed by atoms with van der Waals surface area (Å²) in [6.07, 6.45) is 2.40. The van der Waals surface area contributed by atoms with E-state index < -0.39 is 0 Å². The number of ether oxygens (including phenoxy) is 1. The highest BCUT2D eigenvalue weighted by molar-refractivity contribution is 5.93. The molecule has 1 amide bonds. The highest BCUT2D eigenvalue weighted by Crippen LogP contribution is 2.04. The van der Waals surface area contributed by atoms with Crippen molar-refractivity contribution in [3.8, 4) is 0 Å². The molecule has 18 heavy (non-hydrogen) atoms. The van der Waals surface area contributed by atoms with Gasteiger partial charge in [-0.15, -0.1) is 0 Å². The van der Waals surface area contributed by atoms with Crippen LogP contribution in [0.5, 0.6) is 0 Å². The van der Waals surface area contributed by atoms with E-state index in [-0.39, 0.29) is 5.91 Å². The van der Waals surface area contributed by atoms with Crippen LogP contribution in [-0.2, 0) is 11.3 Å². The number of carbonyl (C=O) groups excluding carboxylic acids is 1. The lowest BCUT2D eigenvalue weighted by Crippen LogP contribution is -2.18. The van der Waals surface area contributed by atoms with E-state index in [4.69, 9.17) is 4.74 Å². The molecule has 98 valence electrons. The summed E-state index contributed by atoms with van der Waals surface area (Å²) >= 11 is 0. The Bertz CT molecular complexity index is 374. The Kier molecular flexibility index (Phi) is 6.58. The molecule has 0 aromatic heterocycles. The number of hydrogen-bond donors (Lipinski definition) is 2. The van der Waals surface area contributed by atoms with Gasteiger partial charge in [0.25, 0.3) is 5.91 Å². The van der Waals surface area contributed by atoms with Crippen molar-refractivity contribution in [2.75, 3.05) is 20.2 Å². The zero-order valence-electron chi connectivity index (χ0n) is 10.7. The van der Waals surface area contributed by atoms with E-state index in [9.17, 15) is 4.79 Å². The SMILES string of the molecule is C=COCCCNCc1ccc(C(=O)NC)cc1. The van der Waals surface area contributed by atoms with Crippen LogP contribution in [0, 0.1) is 0 Å². The molecular formula is C14H20N2O2. The maximum absolute atomic E-state index is 11.3. The van der Waals surface area contributed by atoms with Crippen LogP contribution in [0.1, 0.15) is 22.3 Å². The van der Waals surface area contributed by atoms with Crippen molar-refractivity contribution in [3.05, 3.63) is 48.2 Å². The van der Waals surface area contributed by atoms with Crippen molar-refractivity contribution in [1.29, 1.82) is 0 Å². The first kappa shape index (κ1) is 14.3. The van der Waals surface area contributed by atoms with Gasteiger partial charge in [0.1, 0.15) is 0 Å². The molecule has 4 nitrogen and oxygen atoms in total. The van der Waals surface area contributed by atoms with E-state index in [1.165, 1.54) is 6.26 Å². The molecule has 0 bridgehead atoms. The number of nitrogens with one attached hydrogen (secondary N) is 2. The topological polar surface area (TPSA) is 50.4 Å². The summed E-state index contributed by atoms with van der Waals surface area (Å²) in [6.45, 7) is 5.85. The van der Waals surface area contributed by atoms with E-state index >= 15 is 0 Å². The van der Waals surface area contributed by atoms with Gasteiger partial charge in [0.2, 0.25) is 0 Å². The molecule has 0 spiro atoms. The van der Waals surface area contributed by atoms with Crippen molar-refractivity contribution in [1.82, 2.24) is 10.6 Å². The van der Waals surface area contributed by atoms with Gasteiger partial charge >= 0.3 is 0 Å². The van der Waals surface area contributed by atoms with Gasteiger partial charge in [0.15, 0.2) is 0 Å².